The molecule has 0 radical (unpaired) electrons. The van der Waals surface area contributed by atoms with E-state index in [1.807, 2.05) is 31.2 Å². The van der Waals surface area contributed by atoms with Crippen molar-refractivity contribution >= 4 is 45.9 Å². The molecule has 7 heteroatoms. The average Bonchev–Trinajstić information content (AvgIpc) is 3.12. The molecule has 0 fully saturated rings. The summed E-state index contributed by atoms with van der Waals surface area (Å²) < 4.78 is 11.3. The summed E-state index contributed by atoms with van der Waals surface area (Å²) in [5.74, 6) is 0.912. The van der Waals surface area contributed by atoms with E-state index in [4.69, 9.17) is 32.4 Å². The predicted molar refractivity (Wildman–Crippen MR) is 119 cm³/mol. The molecule has 0 spiro atoms. The van der Waals surface area contributed by atoms with Crippen molar-refractivity contribution < 1.29 is 13.9 Å². The highest BCUT2D eigenvalue weighted by Gasteiger charge is 2.10. The molecule has 1 aromatic heterocycles. The molecule has 0 saturated heterocycles. The fourth-order valence-corrected chi connectivity index (χ4v) is 3.20. The molecule has 0 atom stereocenters. The largest absolute Gasteiger partial charge is 0.484 e. The number of anilines is 1. The third-order valence-corrected chi connectivity index (χ3v) is 5.16. The Bertz CT molecular complexity index is 1200. The van der Waals surface area contributed by atoms with Crippen LogP contribution in [0.5, 0.6) is 5.75 Å². The fraction of sp³-hybridized carbons (Fsp3) is 0.130. The average molecular weight is 441 g/mol. The van der Waals surface area contributed by atoms with Crippen LogP contribution in [-0.2, 0) is 11.2 Å². The smallest absolute Gasteiger partial charge is 0.262 e. The van der Waals surface area contributed by atoms with E-state index in [0.717, 1.165) is 11.1 Å². The number of halogens is 2. The minimum absolute atomic E-state index is 0.111. The number of carbonyl (C=O) groups is 1. The Hall–Kier alpha value is -3.02. The van der Waals surface area contributed by atoms with Gasteiger partial charge < -0.3 is 14.5 Å². The summed E-state index contributed by atoms with van der Waals surface area (Å²) in [6.45, 7) is 1.77. The van der Waals surface area contributed by atoms with E-state index < -0.39 is 0 Å². The maximum Gasteiger partial charge on any atom is 0.262 e. The van der Waals surface area contributed by atoms with Crippen LogP contribution in [0.3, 0.4) is 0 Å². The van der Waals surface area contributed by atoms with Gasteiger partial charge in [0.1, 0.15) is 11.3 Å². The molecule has 0 aliphatic carbocycles. The Morgan fingerprint density at radius 3 is 2.63 bits per heavy atom. The zero-order chi connectivity index (χ0) is 21.1. The van der Waals surface area contributed by atoms with Gasteiger partial charge in [-0.15, -0.1) is 0 Å². The highest BCUT2D eigenvalue weighted by atomic mass is 35.5. The van der Waals surface area contributed by atoms with Crippen molar-refractivity contribution in [2.24, 2.45) is 0 Å². The van der Waals surface area contributed by atoms with E-state index in [9.17, 15) is 4.79 Å². The Balaban J connectivity index is 1.39. The van der Waals surface area contributed by atoms with Crippen LogP contribution in [0.15, 0.2) is 65.1 Å². The van der Waals surface area contributed by atoms with Gasteiger partial charge in [0.05, 0.1) is 0 Å². The first-order valence-electron chi connectivity index (χ1n) is 9.29. The number of carbonyl (C=O) groups excluding carboxylic acids is 1. The molecule has 1 N–H and O–H groups in total. The van der Waals surface area contributed by atoms with Crippen molar-refractivity contribution in [2.75, 3.05) is 11.9 Å². The van der Waals surface area contributed by atoms with Gasteiger partial charge in [-0.2, -0.15) is 0 Å². The van der Waals surface area contributed by atoms with Gasteiger partial charge >= 0.3 is 0 Å². The normalized spacial score (nSPS) is 10.9. The SMILES string of the molecule is Cc1cc(OCC(=O)Nc2ccc3oc(Cc4ccc(Cl)cc4)nc3c2)ccc1Cl. The summed E-state index contributed by atoms with van der Waals surface area (Å²) in [7, 11) is 0. The minimum atomic E-state index is -0.271. The quantitative estimate of drug-likeness (QED) is 0.396. The first kappa shape index (κ1) is 20.3. The molecule has 5 nitrogen and oxygen atoms in total. The first-order valence-corrected chi connectivity index (χ1v) is 10.0. The number of oxazole rings is 1. The minimum Gasteiger partial charge on any atom is -0.484 e. The van der Waals surface area contributed by atoms with Crippen molar-refractivity contribution in [1.82, 2.24) is 4.98 Å². The van der Waals surface area contributed by atoms with Crippen molar-refractivity contribution in [2.45, 2.75) is 13.3 Å². The lowest BCUT2D eigenvalue weighted by Crippen LogP contribution is -2.20. The second-order valence-corrected chi connectivity index (χ2v) is 7.68. The molecule has 4 rings (SSSR count). The number of hydrogen-bond acceptors (Lipinski definition) is 4. The molecule has 0 saturated carbocycles. The number of fused-ring (bicyclic) bond motifs is 1. The van der Waals surface area contributed by atoms with Crippen molar-refractivity contribution in [3.8, 4) is 5.75 Å². The Labute approximate surface area is 183 Å². The topological polar surface area (TPSA) is 64.4 Å². The molecule has 30 heavy (non-hydrogen) atoms. The van der Waals surface area contributed by atoms with Crippen LogP contribution in [0.2, 0.25) is 10.0 Å². The fourth-order valence-electron chi connectivity index (χ4n) is 2.96. The van der Waals surface area contributed by atoms with Gasteiger partial charge in [0.2, 0.25) is 0 Å². The van der Waals surface area contributed by atoms with Crippen molar-refractivity contribution in [3.63, 3.8) is 0 Å². The number of amides is 1. The highest BCUT2D eigenvalue weighted by Crippen LogP contribution is 2.23. The number of hydrogen-bond donors (Lipinski definition) is 1. The molecule has 0 aliphatic rings. The molecular formula is C23H18Cl2N2O3. The molecule has 4 aromatic rings. The van der Waals surface area contributed by atoms with Gasteiger partial charge in [-0.05, 0) is 66.6 Å². The third kappa shape index (κ3) is 4.93. The highest BCUT2D eigenvalue weighted by molar-refractivity contribution is 6.31. The van der Waals surface area contributed by atoms with E-state index in [2.05, 4.69) is 10.3 Å². The lowest BCUT2D eigenvalue weighted by molar-refractivity contribution is -0.118. The second kappa shape index (κ2) is 8.78. The molecule has 3 aromatic carbocycles. The standard InChI is InChI=1S/C23H18Cl2N2O3/c1-14-10-18(7-8-19(14)25)29-13-22(28)26-17-6-9-21-20(12-17)27-23(30-21)11-15-2-4-16(24)5-3-15/h2-10,12H,11,13H2,1H3,(H,26,28). The van der Waals surface area contributed by atoms with Gasteiger partial charge in [0, 0.05) is 22.2 Å². The van der Waals surface area contributed by atoms with Crippen molar-refractivity contribution in [3.05, 3.63) is 87.7 Å². The Morgan fingerprint density at radius 1 is 1.07 bits per heavy atom. The number of ether oxygens (including phenoxy) is 1. The van der Waals surface area contributed by atoms with Crippen LogP contribution in [0.4, 0.5) is 5.69 Å². The number of aryl methyl sites for hydroxylation is 1. The molecule has 1 amide bonds. The summed E-state index contributed by atoms with van der Waals surface area (Å²) in [6, 6.07) is 18.1. The predicted octanol–water partition coefficient (Wildman–Crippen LogP) is 6.05. The maximum atomic E-state index is 12.2. The molecule has 0 aliphatic heterocycles. The maximum absolute atomic E-state index is 12.2. The molecule has 1 heterocycles. The number of rotatable bonds is 6. The van der Waals surface area contributed by atoms with Gasteiger partial charge in [0.25, 0.3) is 5.91 Å². The zero-order valence-electron chi connectivity index (χ0n) is 16.1. The molecule has 0 unspecified atom stereocenters. The Morgan fingerprint density at radius 2 is 1.87 bits per heavy atom. The number of benzene rings is 3. The summed E-state index contributed by atoms with van der Waals surface area (Å²) in [5, 5.41) is 4.15. The van der Waals surface area contributed by atoms with Gasteiger partial charge in [-0.3, -0.25) is 4.79 Å². The molecule has 0 bridgehead atoms. The summed E-state index contributed by atoms with van der Waals surface area (Å²) in [6.07, 6.45) is 0.557. The van der Waals surface area contributed by atoms with E-state index >= 15 is 0 Å². The second-order valence-electron chi connectivity index (χ2n) is 6.84. The van der Waals surface area contributed by atoms with Crippen molar-refractivity contribution in [1.29, 1.82) is 0 Å². The van der Waals surface area contributed by atoms with Crippen LogP contribution >= 0.6 is 23.2 Å². The summed E-state index contributed by atoms with van der Waals surface area (Å²) in [4.78, 5) is 16.7. The molecule has 152 valence electrons. The van der Waals surface area contributed by atoms with Gasteiger partial charge in [0.15, 0.2) is 18.1 Å². The first-order chi connectivity index (χ1) is 14.5. The van der Waals surface area contributed by atoms with Gasteiger partial charge in [-0.1, -0.05) is 35.3 Å². The van der Waals surface area contributed by atoms with E-state index in [0.29, 0.717) is 44.9 Å². The lowest BCUT2D eigenvalue weighted by atomic mass is 10.1. The third-order valence-electron chi connectivity index (χ3n) is 4.48. The lowest BCUT2D eigenvalue weighted by Gasteiger charge is -2.08. The number of nitrogens with zero attached hydrogens (tertiary/aromatic N) is 1. The molecular weight excluding hydrogens is 423 g/mol. The number of nitrogens with one attached hydrogen (secondary N) is 1. The summed E-state index contributed by atoms with van der Waals surface area (Å²) in [5.41, 5.74) is 3.89. The Kier molecular flexibility index (Phi) is 5.93. The summed E-state index contributed by atoms with van der Waals surface area (Å²) >= 11 is 11.9. The number of aromatic nitrogens is 1. The van der Waals surface area contributed by atoms with Crippen LogP contribution in [0, 0.1) is 6.92 Å². The van der Waals surface area contributed by atoms with E-state index in [1.165, 1.54) is 0 Å². The monoisotopic (exact) mass is 440 g/mol. The van der Waals surface area contributed by atoms with Crippen LogP contribution < -0.4 is 10.1 Å². The van der Waals surface area contributed by atoms with E-state index in [1.54, 1.807) is 36.4 Å². The van der Waals surface area contributed by atoms with Gasteiger partial charge in [-0.25, -0.2) is 4.98 Å². The van der Waals surface area contributed by atoms with Crippen LogP contribution in [0.25, 0.3) is 11.1 Å². The van der Waals surface area contributed by atoms with Crippen LogP contribution in [-0.4, -0.2) is 17.5 Å². The van der Waals surface area contributed by atoms with E-state index in [-0.39, 0.29) is 12.5 Å². The van der Waals surface area contributed by atoms with Crippen LogP contribution in [0.1, 0.15) is 17.0 Å². The zero-order valence-corrected chi connectivity index (χ0v) is 17.6.